The van der Waals surface area contributed by atoms with Crippen molar-refractivity contribution in [2.75, 3.05) is 4.72 Å². The minimum Gasteiger partial charge on any atom is -0.277 e. The minimum atomic E-state index is -3.84. The number of halogens is 1. The number of sulfonamides is 1. The van der Waals surface area contributed by atoms with Gasteiger partial charge in [0.1, 0.15) is 5.01 Å². The van der Waals surface area contributed by atoms with Gasteiger partial charge in [-0.15, -0.1) is 0 Å². The van der Waals surface area contributed by atoms with Gasteiger partial charge in [0.2, 0.25) is 9.99 Å². The highest BCUT2D eigenvalue weighted by molar-refractivity contribution is 7.92. The highest BCUT2D eigenvalue weighted by Gasteiger charge is 2.26. The van der Waals surface area contributed by atoms with E-state index in [1.54, 1.807) is 32.0 Å². The topological polar surface area (TPSA) is 76.4 Å². The maximum absolute atomic E-state index is 12.7. The van der Waals surface area contributed by atoms with Crippen molar-refractivity contribution in [1.29, 1.82) is 0 Å². The number of hydrogen-bond donors (Lipinski definition) is 1. The van der Waals surface area contributed by atoms with Crippen LogP contribution in [0.25, 0.3) is 4.96 Å². The van der Waals surface area contributed by atoms with Crippen LogP contribution in [0, 0.1) is 20.8 Å². The molecule has 3 rings (SSSR count). The third kappa shape index (κ3) is 2.57. The molecule has 0 saturated heterocycles. The Kier molecular flexibility index (Phi) is 3.62. The van der Waals surface area contributed by atoms with E-state index >= 15 is 0 Å². The molecule has 0 bridgehead atoms. The smallest absolute Gasteiger partial charge is 0.277 e. The van der Waals surface area contributed by atoms with Gasteiger partial charge in [-0.25, -0.2) is 4.98 Å². The van der Waals surface area contributed by atoms with E-state index in [1.165, 1.54) is 15.9 Å². The van der Waals surface area contributed by atoms with Gasteiger partial charge in [-0.2, -0.15) is 18.0 Å². The molecule has 0 aliphatic heterocycles. The van der Waals surface area contributed by atoms with Crippen molar-refractivity contribution in [2.45, 2.75) is 25.8 Å². The molecular weight excluding hydrogens is 344 g/mol. The van der Waals surface area contributed by atoms with E-state index in [2.05, 4.69) is 14.8 Å². The van der Waals surface area contributed by atoms with Gasteiger partial charge in [-0.05, 0) is 38.5 Å². The van der Waals surface area contributed by atoms with Gasteiger partial charge in [0.05, 0.1) is 16.4 Å². The lowest BCUT2D eigenvalue weighted by Gasteiger charge is -2.09. The van der Waals surface area contributed by atoms with Crippen LogP contribution >= 0.6 is 22.9 Å². The molecule has 116 valence electrons. The van der Waals surface area contributed by atoms with Crippen LogP contribution in [0.2, 0.25) is 5.02 Å². The lowest BCUT2D eigenvalue weighted by molar-refractivity contribution is 0.592. The third-order valence-electron chi connectivity index (χ3n) is 3.05. The molecule has 1 N–H and O–H groups in total. The fourth-order valence-electron chi connectivity index (χ4n) is 2.13. The number of nitrogens with one attached hydrogen (secondary N) is 1. The van der Waals surface area contributed by atoms with E-state index in [0.29, 0.717) is 21.4 Å². The van der Waals surface area contributed by atoms with E-state index in [1.807, 2.05) is 6.92 Å². The molecule has 1 aromatic carbocycles. The zero-order valence-corrected chi connectivity index (χ0v) is 14.5. The molecule has 0 atom stereocenters. The second-order valence-corrected chi connectivity index (χ2v) is 8.07. The molecular formula is C13H13ClN4O2S2. The van der Waals surface area contributed by atoms with Crippen LogP contribution in [0.5, 0.6) is 0 Å². The maximum atomic E-state index is 12.7. The average molecular weight is 357 g/mol. The van der Waals surface area contributed by atoms with Gasteiger partial charge in [0.25, 0.3) is 10.0 Å². The summed E-state index contributed by atoms with van der Waals surface area (Å²) in [4.78, 5) is 4.79. The number of rotatable bonds is 3. The Morgan fingerprint density at radius 3 is 2.68 bits per heavy atom. The van der Waals surface area contributed by atoms with Crippen LogP contribution in [-0.2, 0) is 10.0 Å². The summed E-state index contributed by atoms with van der Waals surface area (Å²) in [5.74, 6) is 0. The zero-order valence-electron chi connectivity index (χ0n) is 12.1. The molecule has 3 aromatic rings. The van der Waals surface area contributed by atoms with Gasteiger partial charge < -0.3 is 0 Å². The van der Waals surface area contributed by atoms with Gasteiger partial charge in [-0.1, -0.05) is 29.0 Å². The predicted octanol–water partition coefficient (Wildman–Crippen LogP) is 3.17. The Balaban J connectivity index is 2.10. The number of aromatic nitrogens is 3. The number of fused-ring (bicyclic) bond motifs is 1. The van der Waals surface area contributed by atoms with Crippen LogP contribution in [0.1, 0.15) is 16.3 Å². The molecule has 0 radical (unpaired) electrons. The molecule has 0 fully saturated rings. The summed E-state index contributed by atoms with van der Waals surface area (Å²) in [7, 11) is -3.84. The Hall–Kier alpha value is -1.64. The number of aryl methyl sites for hydroxylation is 3. The van der Waals surface area contributed by atoms with Gasteiger partial charge >= 0.3 is 0 Å². The molecule has 0 aliphatic carbocycles. The number of imidazole rings is 1. The summed E-state index contributed by atoms with van der Waals surface area (Å²) < 4.78 is 29.2. The first-order chi connectivity index (χ1) is 10.3. The normalized spacial score (nSPS) is 12.0. The zero-order chi connectivity index (χ0) is 16.1. The fraction of sp³-hybridized carbons (Fsp3) is 0.231. The second kappa shape index (κ2) is 5.22. The van der Waals surface area contributed by atoms with E-state index < -0.39 is 10.0 Å². The number of anilines is 1. The first-order valence-electron chi connectivity index (χ1n) is 6.39. The molecule has 0 aliphatic rings. The molecule has 6 nitrogen and oxygen atoms in total. The Bertz CT molecular complexity index is 976. The Morgan fingerprint density at radius 1 is 1.27 bits per heavy atom. The Labute approximate surface area is 136 Å². The van der Waals surface area contributed by atoms with Crippen molar-refractivity contribution in [3.8, 4) is 0 Å². The van der Waals surface area contributed by atoms with Gasteiger partial charge in [0, 0.05) is 0 Å². The van der Waals surface area contributed by atoms with E-state index in [9.17, 15) is 8.42 Å². The minimum absolute atomic E-state index is 0.0310. The third-order valence-corrected chi connectivity index (χ3v) is 5.65. The van der Waals surface area contributed by atoms with Crippen molar-refractivity contribution in [3.05, 3.63) is 39.5 Å². The molecule has 9 heteroatoms. The summed E-state index contributed by atoms with van der Waals surface area (Å²) in [5, 5.41) is 5.32. The lowest BCUT2D eigenvalue weighted by Crippen LogP contribution is -2.17. The molecule has 0 amide bonds. The van der Waals surface area contributed by atoms with Crippen molar-refractivity contribution in [3.63, 3.8) is 0 Å². The van der Waals surface area contributed by atoms with Crippen LogP contribution in [0.15, 0.2) is 23.2 Å². The van der Waals surface area contributed by atoms with Crippen LogP contribution < -0.4 is 4.72 Å². The maximum Gasteiger partial charge on any atom is 0.281 e. The van der Waals surface area contributed by atoms with Gasteiger partial charge in [-0.3, -0.25) is 4.72 Å². The summed E-state index contributed by atoms with van der Waals surface area (Å²) in [5.41, 5.74) is 1.68. The van der Waals surface area contributed by atoms with Crippen molar-refractivity contribution >= 4 is 43.6 Å². The molecule has 22 heavy (non-hydrogen) atoms. The first-order valence-corrected chi connectivity index (χ1v) is 9.07. The monoisotopic (exact) mass is 356 g/mol. The number of benzene rings is 1. The largest absolute Gasteiger partial charge is 0.281 e. The van der Waals surface area contributed by atoms with Crippen molar-refractivity contribution in [1.82, 2.24) is 14.6 Å². The highest BCUT2D eigenvalue weighted by atomic mass is 35.5. The lowest BCUT2D eigenvalue weighted by atomic mass is 10.2. The molecule has 0 spiro atoms. The molecule has 0 saturated carbocycles. The highest BCUT2D eigenvalue weighted by Crippen LogP contribution is 2.27. The number of hydrogen-bond acceptors (Lipinski definition) is 5. The van der Waals surface area contributed by atoms with E-state index in [-0.39, 0.29) is 5.03 Å². The molecule has 2 heterocycles. The van der Waals surface area contributed by atoms with Crippen LogP contribution in [-0.4, -0.2) is 23.0 Å². The van der Waals surface area contributed by atoms with E-state index in [0.717, 1.165) is 10.6 Å². The van der Waals surface area contributed by atoms with Crippen LogP contribution in [0.4, 0.5) is 5.69 Å². The van der Waals surface area contributed by atoms with E-state index in [4.69, 9.17) is 11.6 Å². The SMILES string of the molecule is Cc1ccc(NS(=O)(=O)c2c(C)nc3sc(C)nn23)c(Cl)c1. The van der Waals surface area contributed by atoms with Crippen molar-refractivity contribution in [2.24, 2.45) is 0 Å². The van der Waals surface area contributed by atoms with Gasteiger partial charge in [0.15, 0.2) is 0 Å². The molecule has 2 aromatic heterocycles. The summed E-state index contributed by atoms with van der Waals surface area (Å²) in [6.45, 7) is 5.32. The quantitative estimate of drug-likeness (QED) is 0.782. The number of nitrogens with zero attached hydrogens (tertiary/aromatic N) is 3. The second-order valence-electron chi connectivity index (χ2n) is 4.91. The molecule has 0 unspecified atom stereocenters. The Morgan fingerprint density at radius 2 is 2.00 bits per heavy atom. The van der Waals surface area contributed by atoms with Crippen LogP contribution in [0.3, 0.4) is 0 Å². The summed E-state index contributed by atoms with van der Waals surface area (Å²) >= 11 is 7.43. The summed E-state index contributed by atoms with van der Waals surface area (Å²) in [6, 6.07) is 5.12. The average Bonchev–Trinajstić information content (AvgIpc) is 2.86. The standard InChI is InChI=1S/C13H13ClN4O2S2/c1-7-4-5-11(10(14)6-7)17-22(19,20)12-8(2)15-13-18(12)16-9(3)21-13/h4-6,17H,1-3H3. The summed E-state index contributed by atoms with van der Waals surface area (Å²) in [6.07, 6.45) is 0. The first kappa shape index (κ1) is 15.3. The fourth-order valence-corrected chi connectivity index (χ4v) is 4.67. The van der Waals surface area contributed by atoms with Crippen molar-refractivity contribution < 1.29 is 8.42 Å². The predicted molar refractivity (Wildman–Crippen MR) is 87.3 cm³/mol.